The van der Waals surface area contributed by atoms with E-state index in [1.807, 2.05) is 0 Å². The predicted molar refractivity (Wildman–Crippen MR) is 71.4 cm³/mol. The zero-order chi connectivity index (χ0) is 13.7. The molecule has 0 radical (unpaired) electrons. The van der Waals surface area contributed by atoms with Gasteiger partial charge in [0.1, 0.15) is 12.4 Å². The lowest BCUT2D eigenvalue weighted by atomic mass is 9.97. The van der Waals surface area contributed by atoms with Crippen molar-refractivity contribution in [2.75, 3.05) is 25.0 Å². The third-order valence-electron chi connectivity index (χ3n) is 3.29. The van der Waals surface area contributed by atoms with Gasteiger partial charge in [-0.15, -0.1) is 0 Å². The van der Waals surface area contributed by atoms with Gasteiger partial charge in [-0.1, -0.05) is 13.0 Å². The highest BCUT2D eigenvalue weighted by Gasteiger charge is 2.22. The largest absolute Gasteiger partial charge is 0.367 e. The van der Waals surface area contributed by atoms with Crippen LogP contribution in [-0.4, -0.2) is 31.7 Å². The van der Waals surface area contributed by atoms with Crippen molar-refractivity contribution in [2.45, 2.75) is 19.4 Å². The molecule has 2 N–H and O–H groups in total. The van der Waals surface area contributed by atoms with Gasteiger partial charge in [-0.25, -0.2) is 4.39 Å². The maximum Gasteiger partial charge on any atom is 0.250 e. The van der Waals surface area contributed by atoms with Gasteiger partial charge in [-0.3, -0.25) is 4.79 Å². The van der Waals surface area contributed by atoms with E-state index >= 15 is 0 Å². The van der Waals surface area contributed by atoms with Gasteiger partial charge >= 0.3 is 0 Å². The molecular formula is C14H19FN2O2. The molecule has 1 heterocycles. The number of benzene rings is 1. The molecule has 2 rings (SSSR count). The summed E-state index contributed by atoms with van der Waals surface area (Å²) < 4.78 is 18.5. The first-order chi connectivity index (χ1) is 9.15. The van der Waals surface area contributed by atoms with Crippen molar-refractivity contribution in [1.29, 1.82) is 0 Å². The molecule has 1 aromatic rings. The van der Waals surface area contributed by atoms with E-state index in [0.29, 0.717) is 11.6 Å². The van der Waals surface area contributed by atoms with Crippen molar-refractivity contribution in [3.05, 3.63) is 30.1 Å². The van der Waals surface area contributed by atoms with Crippen molar-refractivity contribution in [2.24, 2.45) is 5.92 Å². The Bertz CT molecular complexity index is 439. The molecule has 0 saturated carbocycles. The molecule has 0 aliphatic carbocycles. The van der Waals surface area contributed by atoms with Gasteiger partial charge in [0.2, 0.25) is 5.91 Å². The number of halogens is 1. The van der Waals surface area contributed by atoms with E-state index in [1.165, 1.54) is 12.1 Å². The van der Waals surface area contributed by atoms with Crippen LogP contribution in [0, 0.1) is 11.7 Å². The molecule has 2 atom stereocenters. The van der Waals surface area contributed by atoms with Crippen LogP contribution in [0.3, 0.4) is 0 Å². The monoisotopic (exact) mass is 266 g/mol. The minimum Gasteiger partial charge on any atom is -0.367 e. The maximum atomic E-state index is 13.0. The van der Waals surface area contributed by atoms with E-state index in [1.54, 1.807) is 12.1 Å². The van der Waals surface area contributed by atoms with Gasteiger partial charge in [0.25, 0.3) is 0 Å². The smallest absolute Gasteiger partial charge is 0.250 e. The zero-order valence-electron chi connectivity index (χ0n) is 11.0. The highest BCUT2D eigenvalue weighted by Crippen LogP contribution is 2.15. The Balaban J connectivity index is 1.78. The highest BCUT2D eigenvalue weighted by atomic mass is 19.1. The van der Waals surface area contributed by atoms with Crippen LogP contribution in [0.4, 0.5) is 10.1 Å². The lowest BCUT2D eigenvalue weighted by Crippen LogP contribution is -2.42. The third-order valence-corrected chi connectivity index (χ3v) is 3.29. The Labute approximate surface area is 112 Å². The Morgan fingerprint density at radius 3 is 3.16 bits per heavy atom. The fourth-order valence-electron chi connectivity index (χ4n) is 2.13. The van der Waals surface area contributed by atoms with Gasteiger partial charge < -0.3 is 15.4 Å². The first kappa shape index (κ1) is 14.0. The minimum absolute atomic E-state index is 0.00675. The van der Waals surface area contributed by atoms with Crippen LogP contribution in [0.15, 0.2) is 24.3 Å². The molecule has 4 nitrogen and oxygen atoms in total. The number of hydrogen-bond acceptors (Lipinski definition) is 3. The summed E-state index contributed by atoms with van der Waals surface area (Å²) in [5, 5.41) is 5.85. The van der Waals surface area contributed by atoms with Crippen molar-refractivity contribution in [1.82, 2.24) is 5.32 Å². The molecular weight excluding hydrogens is 247 g/mol. The van der Waals surface area contributed by atoms with Crippen molar-refractivity contribution in [3.8, 4) is 0 Å². The molecule has 1 aliphatic rings. The lowest BCUT2D eigenvalue weighted by molar-refractivity contribution is -0.124. The number of ether oxygens (including phenoxy) is 1. The first-order valence-electron chi connectivity index (χ1n) is 6.53. The van der Waals surface area contributed by atoms with E-state index in [2.05, 4.69) is 17.6 Å². The number of piperidine rings is 1. The lowest BCUT2D eigenvalue weighted by Gasteiger charge is -2.29. The molecule has 1 fully saturated rings. The molecule has 0 bridgehead atoms. The number of nitrogens with one attached hydrogen (secondary N) is 2. The van der Waals surface area contributed by atoms with Crippen LogP contribution < -0.4 is 10.6 Å². The molecule has 1 saturated heterocycles. The Morgan fingerprint density at radius 1 is 1.58 bits per heavy atom. The van der Waals surface area contributed by atoms with Crippen LogP contribution in [0.1, 0.15) is 13.3 Å². The number of rotatable bonds is 4. The summed E-state index contributed by atoms with van der Waals surface area (Å²) in [7, 11) is 0. The van der Waals surface area contributed by atoms with Gasteiger partial charge in [0.05, 0.1) is 6.10 Å². The second kappa shape index (κ2) is 6.63. The van der Waals surface area contributed by atoms with Gasteiger partial charge in [-0.05, 0) is 37.1 Å². The predicted octanol–water partition coefficient (Wildman–Crippen LogP) is 1.78. The second-order valence-corrected chi connectivity index (χ2v) is 4.88. The molecule has 5 heteroatoms. The normalized spacial score (nSPS) is 23.1. The molecule has 19 heavy (non-hydrogen) atoms. The highest BCUT2D eigenvalue weighted by molar-refractivity contribution is 5.91. The fourth-order valence-corrected chi connectivity index (χ4v) is 2.13. The molecule has 0 spiro atoms. The third kappa shape index (κ3) is 4.29. The number of carbonyl (C=O) groups is 1. The topological polar surface area (TPSA) is 50.4 Å². The van der Waals surface area contributed by atoms with Crippen LogP contribution in [0.25, 0.3) is 0 Å². The first-order valence-corrected chi connectivity index (χ1v) is 6.53. The van der Waals surface area contributed by atoms with E-state index in [-0.39, 0.29) is 24.4 Å². The van der Waals surface area contributed by atoms with E-state index < -0.39 is 0 Å². The molecule has 1 aromatic carbocycles. The summed E-state index contributed by atoms with van der Waals surface area (Å²) >= 11 is 0. The van der Waals surface area contributed by atoms with Gasteiger partial charge in [0.15, 0.2) is 0 Å². The summed E-state index contributed by atoms with van der Waals surface area (Å²) in [4.78, 5) is 11.7. The van der Waals surface area contributed by atoms with Crippen LogP contribution in [-0.2, 0) is 9.53 Å². The zero-order valence-corrected chi connectivity index (χ0v) is 11.0. The summed E-state index contributed by atoms with van der Waals surface area (Å²) in [6.45, 7) is 3.88. The summed E-state index contributed by atoms with van der Waals surface area (Å²) in [5.74, 6) is -0.185. The minimum atomic E-state index is -0.371. The Kier molecular flexibility index (Phi) is 4.87. The van der Waals surface area contributed by atoms with Crippen molar-refractivity contribution >= 4 is 11.6 Å². The number of carbonyl (C=O) groups excluding carboxylic acids is 1. The molecule has 104 valence electrons. The fraction of sp³-hybridized carbons (Fsp3) is 0.500. The van der Waals surface area contributed by atoms with Gasteiger partial charge in [0, 0.05) is 12.2 Å². The second-order valence-electron chi connectivity index (χ2n) is 4.88. The summed E-state index contributed by atoms with van der Waals surface area (Å²) in [5.41, 5.74) is 0.448. The quantitative estimate of drug-likeness (QED) is 0.873. The van der Waals surface area contributed by atoms with Crippen LogP contribution in [0.5, 0.6) is 0 Å². The molecule has 1 amide bonds. The molecule has 2 unspecified atom stereocenters. The average molecular weight is 266 g/mol. The molecule has 1 aliphatic heterocycles. The van der Waals surface area contributed by atoms with Crippen molar-refractivity contribution in [3.63, 3.8) is 0 Å². The Hall–Kier alpha value is -1.46. The maximum absolute atomic E-state index is 13.0. The SMILES string of the molecule is CC1CCNCC1OCC(=O)Nc1cccc(F)c1. The van der Waals surface area contributed by atoms with Crippen molar-refractivity contribution < 1.29 is 13.9 Å². The number of anilines is 1. The van der Waals surface area contributed by atoms with E-state index in [9.17, 15) is 9.18 Å². The number of hydrogen-bond donors (Lipinski definition) is 2. The van der Waals surface area contributed by atoms with Crippen LogP contribution in [0.2, 0.25) is 0 Å². The number of amides is 1. The van der Waals surface area contributed by atoms with Crippen LogP contribution >= 0.6 is 0 Å². The molecule has 0 aromatic heterocycles. The van der Waals surface area contributed by atoms with Gasteiger partial charge in [-0.2, -0.15) is 0 Å². The average Bonchev–Trinajstić information content (AvgIpc) is 2.38. The Morgan fingerprint density at radius 2 is 2.42 bits per heavy atom. The van der Waals surface area contributed by atoms with E-state index in [0.717, 1.165) is 19.5 Å². The van der Waals surface area contributed by atoms with E-state index in [4.69, 9.17) is 4.74 Å². The summed E-state index contributed by atoms with van der Waals surface area (Å²) in [6, 6.07) is 5.81. The standard InChI is InChI=1S/C14H19FN2O2/c1-10-5-6-16-8-13(10)19-9-14(18)17-12-4-2-3-11(15)7-12/h2-4,7,10,13,16H,5-6,8-9H2,1H3,(H,17,18). The summed E-state index contributed by atoms with van der Waals surface area (Å²) in [6.07, 6.45) is 1.11.